The molecule has 1 heterocycles. The van der Waals surface area contributed by atoms with Gasteiger partial charge in [-0.2, -0.15) is 5.10 Å². The maximum atomic E-state index is 5.90. The summed E-state index contributed by atoms with van der Waals surface area (Å²) >= 11 is 0. The van der Waals surface area contributed by atoms with Crippen LogP contribution < -0.4 is 5.73 Å². The smallest absolute Gasteiger partial charge is 0.217 e. The number of hydrogen-bond donors (Lipinski definition) is 1. The third-order valence-electron chi connectivity index (χ3n) is 3.02. The van der Waals surface area contributed by atoms with Crippen LogP contribution in [0.15, 0.2) is 64.7 Å². The predicted octanol–water partition coefficient (Wildman–Crippen LogP) is 2.33. The van der Waals surface area contributed by atoms with Gasteiger partial charge in [-0.3, -0.25) is 0 Å². The summed E-state index contributed by atoms with van der Waals surface area (Å²) < 4.78 is 0. The zero-order valence-electron chi connectivity index (χ0n) is 10.6. The van der Waals surface area contributed by atoms with E-state index in [4.69, 9.17) is 5.73 Å². The Bertz CT molecular complexity index is 659. The zero-order chi connectivity index (χ0) is 13.2. The van der Waals surface area contributed by atoms with E-state index >= 15 is 0 Å². The fourth-order valence-corrected chi connectivity index (χ4v) is 2.03. The number of nitrogens with two attached hydrogens (primary N) is 1. The Morgan fingerprint density at radius 1 is 0.947 bits per heavy atom. The van der Waals surface area contributed by atoms with Crippen LogP contribution in [-0.4, -0.2) is 23.7 Å². The average molecular weight is 250 g/mol. The van der Waals surface area contributed by atoms with Crippen LogP contribution in [0.5, 0.6) is 0 Å². The largest absolute Gasteiger partial charge is 0.368 e. The summed E-state index contributed by atoms with van der Waals surface area (Å²) in [7, 11) is 1.80. The normalized spacial score (nSPS) is 14.3. The maximum Gasteiger partial charge on any atom is 0.217 e. The Balaban J connectivity index is 2.23. The molecule has 0 spiro atoms. The minimum atomic E-state index is 0.387. The van der Waals surface area contributed by atoms with Crippen LogP contribution in [0.1, 0.15) is 11.1 Å². The second kappa shape index (κ2) is 4.57. The summed E-state index contributed by atoms with van der Waals surface area (Å²) in [5.74, 6) is 0.387. The number of hydrogen-bond acceptors (Lipinski definition) is 4. The van der Waals surface area contributed by atoms with Gasteiger partial charge in [-0.15, -0.1) is 0 Å². The van der Waals surface area contributed by atoms with Gasteiger partial charge in [0.2, 0.25) is 5.96 Å². The Labute approximate surface area is 111 Å². The van der Waals surface area contributed by atoms with E-state index in [0.717, 1.165) is 22.5 Å². The van der Waals surface area contributed by atoms with E-state index in [1.807, 2.05) is 54.6 Å². The molecular weight excluding hydrogens is 236 g/mol. The van der Waals surface area contributed by atoms with Crippen molar-refractivity contribution in [1.29, 1.82) is 0 Å². The van der Waals surface area contributed by atoms with Crippen molar-refractivity contribution >= 4 is 17.4 Å². The van der Waals surface area contributed by atoms with Gasteiger partial charge in [0.25, 0.3) is 0 Å². The SMILES string of the molecule is CN1N=C(c2ccccc2)c2ccccc2N=C1N. The standard InChI is InChI=1S/C15H14N4/c1-19-15(16)17-13-10-6-5-9-12(13)14(18-19)11-7-3-2-4-8-11/h2-10H,1H3,(H2,16,17). The van der Waals surface area contributed by atoms with E-state index in [1.165, 1.54) is 0 Å². The van der Waals surface area contributed by atoms with Crippen molar-refractivity contribution in [2.75, 3.05) is 7.05 Å². The van der Waals surface area contributed by atoms with Crippen LogP contribution in [0.4, 0.5) is 5.69 Å². The third kappa shape index (κ3) is 2.08. The predicted molar refractivity (Wildman–Crippen MR) is 77.6 cm³/mol. The Hall–Kier alpha value is -2.62. The van der Waals surface area contributed by atoms with Gasteiger partial charge in [0.05, 0.1) is 5.69 Å². The van der Waals surface area contributed by atoms with Crippen LogP contribution in [0, 0.1) is 0 Å². The Morgan fingerprint density at radius 2 is 1.63 bits per heavy atom. The first-order chi connectivity index (χ1) is 9.25. The lowest BCUT2D eigenvalue weighted by molar-refractivity contribution is 0.540. The number of hydrazone groups is 1. The summed E-state index contributed by atoms with van der Waals surface area (Å²) in [5, 5.41) is 6.16. The highest BCUT2D eigenvalue weighted by Gasteiger charge is 2.16. The number of guanidine groups is 1. The van der Waals surface area contributed by atoms with Crippen molar-refractivity contribution in [2.24, 2.45) is 15.8 Å². The second-order valence-electron chi connectivity index (χ2n) is 4.33. The van der Waals surface area contributed by atoms with Gasteiger partial charge < -0.3 is 5.73 Å². The van der Waals surface area contributed by atoms with Crippen molar-refractivity contribution in [1.82, 2.24) is 5.01 Å². The maximum absolute atomic E-state index is 5.90. The first-order valence-corrected chi connectivity index (χ1v) is 6.07. The number of rotatable bonds is 1. The van der Waals surface area contributed by atoms with Crippen molar-refractivity contribution in [3.8, 4) is 0 Å². The molecule has 4 heteroatoms. The summed E-state index contributed by atoms with van der Waals surface area (Å²) in [6, 6.07) is 17.9. The Morgan fingerprint density at radius 3 is 2.42 bits per heavy atom. The van der Waals surface area contributed by atoms with E-state index in [9.17, 15) is 0 Å². The topological polar surface area (TPSA) is 54.0 Å². The van der Waals surface area contributed by atoms with E-state index in [2.05, 4.69) is 10.1 Å². The van der Waals surface area contributed by atoms with E-state index < -0.39 is 0 Å². The number of nitrogens with zero attached hydrogens (tertiary/aromatic N) is 3. The summed E-state index contributed by atoms with van der Waals surface area (Å²) in [6.07, 6.45) is 0. The number of para-hydroxylation sites is 1. The summed E-state index contributed by atoms with van der Waals surface area (Å²) in [4.78, 5) is 4.40. The molecule has 2 aromatic carbocycles. The summed E-state index contributed by atoms with van der Waals surface area (Å²) in [5.41, 5.74) is 9.65. The molecule has 3 rings (SSSR count). The highest BCUT2D eigenvalue weighted by Crippen LogP contribution is 2.25. The van der Waals surface area contributed by atoms with Crippen LogP contribution in [0.3, 0.4) is 0 Å². The van der Waals surface area contributed by atoms with Gasteiger partial charge in [-0.1, -0.05) is 48.5 Å². The molecular formula is C15H14N4. The lowest BCUT2D eigenvalue weighted by Gasteiger charge is -2.11. The van der Waals surface area contributed by atoms with Crippen molar-refractivity contribution in [3.05, 3.63) is 65.7 Å². The molecule has 0 fully saturated rings. The quantitative estimate of drug-likeness (QED) is 0.844. The van der Waals surface area contributed by atoms with Crippen molar-refractivity contribution in [3.63, 3.8) is 0 Å². The van der Waals surface area contributed by atoms with Crippen molar-refractivity contribution in [2.45, 2.75) is 0 Å². The molecule has 1 aliphatic heterocycles. The lowest BCUT2D eigenvalue weighted by atomic mass is 10.0. The van der Waals surface area contributed by atoms with E-state index in [1.54, 1.807) is 12.1 Å². The first kappa shape index (κ1) is 11.5. The number of aliphatic imine (C=N–C) groups is 1. The molecule has 0 aromatic heterocycles. The average Bonchev–Trinajstić information content (AvgIpc) is 2.58. The highest BCUT2D eigenvalue weighted by molar-refractivity contribution is 6.16. The van der Waals surface area contributed by atoms with Crippen LogP contribution in [0.2, 0.25) is 0 Å². The molecule has 2 N–H and O–H groups in total. The molecule has 4 nitrogen and oxygen atoms in total. The molecule has 19 heavy (non-hydrogen) atoms. The third-order valence-corrected chi connectivity index (χ3v) is 3.02. The Kier molecular flexibility index (Phi) is 2.76. The van der Waals surface area contributed by atoms with Crippen molar-refractivity contribution < 1.29 is 0 Å². The molecule has 0 atom stereocenters. The fraction of sp³-hybridized carbons (Fsp3) is 0.0667. The minimum absolute atomic E-state index is 0.387. The van der Waals surface area contributed by atoms with Gasteiger partial charge >= 0.3 is 0 Å². The molecule has 2 aromatic rings. The summed E-state index contributed by atoms with van der Waals surface area (Å²) in [6.45, 7) is 0. The van der Waals surface area contributed by atoms with Crippen LogP contribution in [-0.2, 0) is 0 Å². The highest BCUT2D eigenvalue weighted by atomic mass is 15.5. The molecule has 0 radical (unpaired) electrons. The molecule has 0 unspecified atom stereocenters. The monoisotopic (exact) mass is 250 g/mol. The van der Waals surface area contributed by atoms with Gasteiger partial charge in [0.1, 0.15) is 5.71 Å². The number of fused-ring (bicyclic) bond motifs is 1. The van der Waals surface area contributed by atoms with Crippen LogP contribution in [0.25, 0.3) is 0 Å². The molecule has 0 aliphatic carbocycles. The fourth-order valence-electron chi connectivity index (χ4n) is 2.03. The molecule has 0 saturated carbocycles. The molecule has 0 bridgehead atoms. The number of benzene rings is 2. The molecule has 1 aliphatic rings. The first-order valence-electron chi connectivity index (χ1n) is 6.07. The van der Waals surface area contributed by atoms with Gasteiger partial charge in [-0.25, -0.2) is 10.0 Å². The lowest BCUT2D eigenvalue weighted by Crippen LogP contribution is -2.29. The van der Waals surface area contributed by atoms with Gasteiger partial charge in [0.15, 0.2) is 0 Å². The van der Waals surface area contributed by atoms with E-state index in [0.29, 0.717) is 5.96 Å². The zero-order valence-corrected chi connectivity index (χ0v) is 10.6. The second-order valence-corrected chi connectivity index (χ2v) is 4.33. The van der Waals surface area contributed by atoms with Crippen LogP contribution >= 0.6 is 0 Å². The molecule has 0 saturated heterocycles. The molecule has 0 amide bonds. The van der Waals surface area contributed by atoms with E-state index in [-0.39, 0.29) is 0 Å². The van der Waals surface area contributed by atoms with Gasteiger partial charge in [0, 0.05) is 18.2 Å². The van der Waals surface area contributed by atoms with Gasteiger partial charge in [-0.05, 0) is 6.07 Å². The molecule has 94 valence electrons. The minimum Gasteiger partial charge on any atom is -0.368 e.